The fourth-order valence-electron chi connectivity index (χ4n) is 4.22. The smallest absolute Gasteiger partial charge is 0.219 e. The first-order chi connectivity index (χ1) is 11.5. The number of thiazole rings is 1. The highest BCUT2D eigenvalue weighted by atomic mass is 32.1. The second kappa shape index (κ2) is 7.96. The first-order valence-corrected chi connectivity index (χ1v) is 10.4. The summed E-state index contributed by atoms with van der Waals surface area (Å²) >= 11 is 1.81. The monoisotopic (exact) mass is 349 g/mol. The minimum absolute atomic E-state index is 0.244. The van der Waals surface area contributed by atoms with E-state index in [1.165, 1.54) is 30.0 Å². The number of nitrogens with zero attached hydrogens (tertiary/aromatic N) is 3. The molecule has 0 aliphatic carbocycles. The molecule has 0 unspecified atom stereocenters. The summed E-state index contributed by atoms with van der Waals surface area (Å²) in [6, 6.07) is 0.946. The number of aryl methyl sites for hydroxylation is 1. The number of hydrogen-bond donors (Lipinski definition) is 0. The Kier molecular flexibility index (Phi) is 5.93. The number of aromatic nitrogens is 1. The first-order valence-electron chi connectivity index (χ1n) is 9.49. The third-order valence-electron chi connectivity index (χ3n) is 5.46. The Hall–Kier alpha value is -0.940. The maximum absolute atomic E-state index is 11.9. The Bertz CT molecular complexity index is 557. The molecule has 0 spiro atoms. The minimum Gasteiger partial charge on any atom is -0.338 e. The van der Waals surface area contributed by atoms with Crippen LogP contribution in [0.15, 0.2) is 5.38 Å². The second-order valence-electron chi connectivity index (χ2n) is 7.77. The van der Waals surface area contributed by atoms with Gasteiger partial charge in [0, 0.05) is 37.5 Å². The van der Waals surface area contributed by atoms with Crippen LogP contribution in [0.1, 0.15) is 63.6 Å². The fourth-order valence-corrected chi connectivity index (χ4v) is 5.03. The number of carbonyl (C=O) groups is 1. The van der Waals surface area contributed by atoms with Gasteiger partial charge in [0.25, 0.3) is 0 Å². The van der Waals surface area contributed by atoms with Crippen molar-refractivity contribution in [3.8, 4) is 0 Å². The van der Waals surface area contributed by atoms with Crippen LogP contribution in [0.25, 0.3) is 0 Å². The van der Waals surface area contributed by atoms with Gasteiger partial charge in [-0.05, 0) is 51.0 Å². The molecule has 2 saturated heterocycles. The second-order valence-corrected chi connectivity index (χ2v) is 8.71. The molecule has 0 bridgehead atoms. The van der Waals surface area contributed by atoms with Gasteiger partial charge in [0.2, 0.25) is 5.91 Å². The highest BCUT2D eigenvalue weighted by Gasteiger charge is 2.38. The van der Waals surface area contributed by atoms with Gasteiger partial charge in [0.15, 0.2) is 0 Å². The van der Waals surface area contributed by atoms with Crippen LogP contribution in [0.5, 0.6) is 0 Å². The average Bonchev–Trinajstić information content (AvgIpc) is 3.25. The summed E-state index contributed by atoms with van der Waals surface area (Å²) in [5.41, 5.74) is 1.22. The van der Waals surface area contributed by atoms with Crippen molar-refractivity contribution in [1.29, 1.82) is 0 Å². The topological polar surface area (TPSA) is 36.4 Å². The van der Waals surface area contributed by atoms with E-state index in [4.69, 9.17) is 4.98 Å². The maximum atomic E-state index is 11.9. The first kappa shape index (κ1) is 17.9. The van der Waals surface area contributed by atoms with Crippen LogP contribution in [0.4, 0.5) is 0 Å². The van der Waals surface area contributed by atoms with E-state index in [2.05, 4.69) is 29.0 Å². The molecule has 1 amide bonds. The van der Waals surface area contributed by atoms with Gasteiger partial charge in [-0.15, -0.1) is 11.3 Å². The Labute approximate surface area is 150 Å². The van der Waals surface area contributed by atoms with Crippen LogP contribution in [-0.2, 0) is 17.8 Å². The van der Waals surface area contributed by atoms with Crippen molar-refractivity contribution in [2.75, 3.05) is 13.1 Å². The van der Waals surface area contributed by atoms with Crippen LogP contribution in [0, 0.1) is 5.92 Å². The zero-order chi connectivity index (χ0) is 17.1. The Morgan fingerprint density at radius 3 is 2.79 bits per heavy atom. The summed E-state index contributed by atoms with van der Waals surface area (Å²) in [4.78, 5) is 21.4. The molecule has 0 aromatic carbocycles. The Balaban J connectivity index is 1.61. The van der Waals surface area contributed by atoms with E-state index in [0.29, 0.717) is 12.1 Å². The fraction of sp³-hybridized carbons (Fsp3) is 0.789. The van der Waals surface area contributed by atoms with Crippen molar-refractivity contribution in [3.05, 3.63) is 16.1 Å². The molecular formula is C19H31N3OS. The van der Waals surface area contributed by atoms with Crippen molar-refractivity contribution in [2.45, 2.75) is 77.9 Å². The van der Waals surface area contributed by atoms with Crippen LogP contribution >= 0.6 is 11.3 Å². The van der Waals surface area contributed by atoms with Gasteiger partial charge >= 0.3 is 0 Å². The predicted molar refractivity (Wildman–Crippen MR) is 99.1 cm³/mol. The summed E-state index contributed by atoms with van der Waals surface area (Å²) in [5, 5.41) is 3.52. The van der Waals surface area contributed by atoms with E-state index in [1.807, 2.05) is 11.3 Å². The number of rotatable bonds is 6. The largest absolute Gasteiger partial charge is 0.338 e. The summed E-state index contributed by atoms with van der Waals surface area (Å²) in [5.74, 6) is 0.981. The van der Waals surface area contributed by atoms with Crippen LogP contribution in [0.3, 0.4) is 0 Å². The molecule has 0 radical (unpaired) electrons. The zero-order valence-corrected chi connectivity index (χ0v) is 16.1. The van der Waals surface area contributed by atoms with E-state index in [1.54, 1.807) is 6.92 Å². The summed E-state index contributed by atoms with van der Waals surface area (Å²) in [7, 11) is 0. The lowest BCUT2D eigenvalue weighted by Gasteiger charge is -2.34. The van der Waals surface area contributed by atoms with Gasteiger partial charge < -0.3 is 4.90 Å². The predicted octanol–water partition coefficient (Wildman–Crippen LogP) is 3.71. The van der Waals surface area contributed by atoms with E-state index < -0.39 is 0 Å². The zero-order valence-electron chi connectivity index (χ0n) is 15.3. The number of hydrogen-bond acceptors (Lipinski definition) is 4. The molecule has 2 atom stereocenters. The highest BCUT2D eigenvalue weighted by molar-refractivity contribution is 7.09. The molecule has 3 rings (SSSR count). The molecule has 2 aliphatic heterocycles. The van der Waals surface area contributed by atoms with Gasteiger partial charge in [-0.25, -0.2) is 4.98 Å². The third-order valence-corrected chi connectivity index (χ3v) is 6.42. The van der Waals surface area contributed by atoms with Crippen LogP contribution in [-0.4, -0.2) is 45.9 Å². The summed E-state index contributed by atoms with van der Waals surface area (Å²) in [6.45, 7) is 9.30. The van der Waals surface area contributed by atoms with Gasteiger partial charge in [0.05, 0.1) is 10.7 Å². The number of carbonyl (C=O) groups excluding carboxylic acids is 1. The molecular weight excluding hydrogens is 318 g/mol. The van der Waals surface area contributed by atoms with E-state index in [9.17, 15) is 4.79 Å². The molecule has 0 N–H and O–H groups in total. The lowest BCUT2D eigenvalue weighted by Crippen LogP contribution is -2.47. The molecule has 24 heavy (non-hydrogen) atoms. The van der Waals surface area contributed by atoms with Crippen LogP contribution < -0.4 is 0 Å². The number of likely N-dealkylation sites (tertiary alicyclic amines) is 2. The molecule has 0 saturated carbocycles. The Morgan fingerprint density at radius 1 is 1.29 bits per heavy atom. The maximum Gasteiger partial charge on any atom is 0.219 e. The number of amides is 1. The molecule has 134 valence electrons. The highest BCUT2D eigenvalue weighted by Crippen LogP contribution is 2.31. The molecule has 1 aromatic heterocycles. The van der Waals surface area contributed by atoms with Gasteiger partial charge in [0.1, 0.15) is 0 Å². The van der Waals surface area contributed by atoms with Crippen molar-refractivity contribution in [2.24, 2.45) is 5.92 Å². The van der Waals surface area contributed by atoms with Crippen molar-refractivity contribution in [3.63, 3.8) is 0 Å². The van der Waals surface area contributed by atoms with E-state index in [0.717, 1.165) is 44.8 Å². The van der Waals surface area contributed by atoms with E-state index >= 15 is 0 Å². The molecule has 2 fully saturated rings. The van der Waals surface area contributed by atoms with E-state index in [-0.39, 0.29) is 5.91 Å². The van der Waals surface area contributed by atoms with Crippen molar-refractivity contribution < 1.29 is 4.79 Å². The lowest BCUT2D eigenvalue weighted by molar-refractivity contribution is -0.130. The summed E-state index contributed by atoms with van der Waals surface area (Å²) < 4.78 is 0. The standard InChI is InChI=1S/C19H31N3OS/c1-14(2)8-9-19-20-16(13-24-19)12-21-10-4-6-17(21)18-7-5-11-22(18)15(3)23/h13-14,17-18H,4-12H2,1-3H3/t17-,18+/m1/s1. The third kappa shape index (κ3) is 4.17. The molecule has 1 aromatic rings. The quantitative estimate of drug-likeness (QED) is 0.785. The molecule has 4 nitrogen and oxygen atoms in total. The van der Waals surface area contributed by atoms with Gasteiger partial charge in [-0.3, -0.25) is 9.69 Å². The summed E-state index contributed by atoms with van der Waals surface area (Å²) in [6.07, 6.45) is 7.11. The molecule has 3 heterocycles. The van der Waals surface area contributed by atoms with Gasteiger partial charge in [-0.2, -0.15) is 0 Å². The lowest BCUT2D eigenvalue weighted by atomic mass is 10.0. The SMILES string of the molecule is CC(=O)N1CCC[C@H]1[C@H]1CCCN1Cc1csc(CCC(C)C)n1. The van der Waals surface area contributed by atoms with Crippen molar-refractivity contribution >= 4 is 17.2 Å². The normalized spacial score (nSPS) is 25.1. The van der Waals surface area contributed by atoms with Crippen molar-refractivity contribution in [1.82, 2.24) is 14.8 Å². The molecule has 2 aliphatic rings. The average molecular weight is 350 g/mol. The van der Waals surface area contributed by atoms with Crippen LogP contribution in [0.2, 0.25) is 0 Å². The minimum atomic E-state index is 0.244. The van der Waals surface area contributed by atoms with Gasteiger partial charge in [-0.1, -0.05) is 13.8 Å². The Morgan fingerprint density at radius 2 is 2.04 bits per heavy atom. The molecule has 5 heteroatoms.